The van der Waals surface area contributed by atoms with Crippen molar-refractivity contribution < 1.29 is 4.79 Å². The van der Waals surface area contributed by atoms with Gasteiger partial charge in [0.25, 0.3) is 0 Å². The van der Waals surface area contributed by atoms with Crippen LogP contribution in [0.3, 0.4) is 0 Å². The van der Waals surface area contributed by atoms with Crippen molar-refractivity contribution in [2.75, 3.05) is 5.32 Å². The maximum Gasteiger partial charge on any atom is 0.187 e. The van der Waals surface area contributed by atoms with Crippen LogP contribution in [0.1, 0.15) is 33.0 Å². The summed E-state index contributed by atoms with van der Waals surface area (Å²) < 4.78 is 0. The molecule has 102 valence electrons. The zero-order valence-corrected chi connectivity index (χ0v) is 12.9. The average Bonchev–Trinajstić information content (AvgIpc) is 2.97. The summed E-state index contributed by atoms with van der Waals surface area (Å²) in [6.45, 7) is 5.18. The van der Waals surface area contributed by atoms with Crippen LogP contribution in [0.15, 0.2) is 11.6 Å². The number of aryl methyl sites for hydroxylation is 2. The van der Waals surface area contributed by atoms with Gasteiger partial charge in [0.1, 0.15) is 16.6 Å². The number of anilines is 1. The lowest BCUT2D eigenvalue weighted by Gasteiger charge is -1.95. The molecule has 0 fully saturated rings. The summed E-state index contributed by atoms with van der Waals surface area (Å²) >= 11 is 2.70. The number of carbonyl (C=O) groups is 1. The number of allylic oxidation sites excluding steroid dienone is 1. The molecule has 5 nitrogen and oxygen atoms in total. The van der Waals surface area contributed by atoms with E-state index in [9.17, 15) is 4.79 Å². The Morgan fingerprint density at radius 2 is 2.20 bits per heavy atom. The second kappa shape index (κ2) is 5.94. The second-order valence-corrected chi connectivity index (χ2v) is 5.96. The average molecular weight is 304 g/mol. The molecule has 2 rings (SSSR count). The maximum absolute atomic E-state index is 11.4. The Labute approximate surface area is 124 Å². The van der Waals surface area contributed by atoms with Gasteiger partial charge in [-0.15, -0.1) is 11.3 Å². The van der Waals surface area contributed by atoms with Gasteiger partial charge in [-0.2, -0.15) is 5.26 Å². The van der Waals surface area contributed by atoms with E-state index in [0.717, 1.165) is 5.69 Å². The SMILES string of the molecule is CC(=O)c1sc(N/C=C(\C#N)c2nc(C)cs2)nc1C. The van der Waals surface area contributed by atoms with Gasteiger partial charge in [-0.05, 0) is 13.8 Å². The fourth-order valence-corrected chi connectivity index (χ4v) is 3.13. The number of thiazole rings is 2. The number of nitrogens with zero attached hydrogens (tertiary/aromatic N) is 3. The Kier molecular flexibility index (Phi) is 4.27. The minimum absolute atomic E-state index is 0.00640. The zero-order valence-electron chi connectivity index (χ0n) is 11.2. The third kappa shape index (κ3) is 3.10. The number of hydrogen-bond donors (Lipinski definition) is 1. The lowest BCUT2D eigenvalue weighted by atomic mass is 10.3. The van der Waals surface area contributed by atoms with Crippen molar-refractivity contribution in [3.8, 4) is 6.07 Å². The molecule has 0 aliphatic heterocycles. The molecule has 0 aromatic carbocycles. The molecule has 0 aliphatic carbocycles. The van der Waals surface area contributed by atoms with Crippen LogP contribution in [0.2, 0.25) is 0 Å². The minimum atomic E-state index is -0.00640. The third-order valence-electron chi connectivity index (χ3n) is 2.43. The lowest BCUT2D eigenvalue weighted by Crippen LogP contribution is -1.90. The standard InChI is InChI=1S/C13H12N4OS2/c1-7-6-19-12(16-7)10(4-14)5-15-13-17-8(2)11(20-13)9(3)18/h5-6H,1-3H3,(H,15,17)/b10-5+. The van der Waals surface area contributed by atoms with E-state index in [1.54, 1.807) is 13.1 Å². The van der Waals surface area contributed by atoms with E-state index in [4.69, 9.17) is 5.26 Å². The predicted molar refractivity (Wildman–Crippen MR) is 80.9 cm³/mol. The van der Waals surface area contributed by atoms with Gasteiger partial charge >= 0.3 is 0 Å². The molecule has 1 N–H and O–H groups in total. The fraction of sp³-hybridized carbons (Fsp3) is 0.231. The molecule has 0 bridgehead atoms. The largest absolute Gasteiger partial charge is 0.337 e. The Bertz CT molecular complexity index is 721. The summed E-state index contributed by atoms with van der Waals surface area (Å²) in [5, 5.41) is 15.3. The summed E-state index contributed by atoms with van der Waals surface area (Å²) in [4.78, 5) is 20.5. The van der Waals surface area contributed by atoms with Crippen molar-refractivity contribution in [3.63, 3.8) is 0 Å². The first kappa shape index (κ1) is 14.4. The Hall–Kier alpha value is -2.04. The highest BCUT2D eigenvalue weighted by molar-refractivity contribution is 7.17. The maximum atomic E-state index is 11.4. The van der Waals surface area contributed by atoms with Crippen molar-refractivity contribution in [2.45, 2.75) is 20.8 Å². The van der Waals surface area contributed by atoms with E-state index in [2.05, 4.69) is 21.4 Å². The second-order valence-electron chi connectivity index (χ2n) is 4.10. The summed E-state index contributed by atoms with van der Waals surface area (Å²) in [6.07, 6.45) is 1.57. The molecule has 2 aromatic heterocycles. The highest BCUT2D eigenvalue weighted by atomic mass is 32.1. The summed E-state index contributed by atoms with van der Waals surface area (Å²) in [5.74, 6) is -0.00640. The number of nitrogens with one attached hydrogen (secondary N) is 1. The molecule has 7 heteroatoms. The molecule has 0 aliphatic rings. The highest BCUT2D eigenvalue weighted by Crippen LogP contribution is 2.24. The van der Waals surface area contributed by atoms with Crippen LogP contribution < -0.4 is 5.32 Å². The smallest absolute Gasteiger partial charge is 0.187 e. The molecule has 2 heterocycles. The minimum Gasteiger partial charge on any atom is -0.337 e. The Morgan fingerprint density at radius 1 is 1.45 bits per heavy atom. The lowest BCUT2D eigenvalue weighted by molar-refractivity contribution is 0.102. The van der Waals surface area contributed by atoms with Gasteiger partial charge in [0.2, 0.25) is 0 Å². The first-order valence-corrected chi connectivity index (χ1v) is 7.48. The van der Waals surface area contributed by atoms with Crippen LogP contribution in [0.4, 0.5) is 5.13 Å². The van der Waals surface area contributed by atoms with E-state index in [1.807, 2.05) is 12.3 Å². The first-order chi connectivity index (χ1) is 9.51. The number of rotatable bonds is 4. The zero-order chi connectivity index (χ0) is 14.7. The van der Waals surface area contributed by atoms with E-state index >= 15 is 0 Å². The summed E-state index contributed by atoms with van der Waals surface area (Å²) in [6, 6.07) is 2.10. The van der Waals surface area contributed by atoms with Gasteiger partial charge in [-0.3, -0.25) is 4.79 Å². The molecule has 0 atom stereocenters. The predicted octanol–water partition coefficient (Wildman–Crippen LogP) is 3.40. The summed E-state index contributed by atoms with van der Waals surface area (Å²) in [7, 11) is 0. The molecular formula is C13H12N4OS2. The monoisotopic (exact) mass is 304 g/mol. The van der Waals surface area contributed by atoms with E-state index < -0.39 is 0 Å². The molecular weight excluding hydrogens is 292 g/mol. The van der Waals surface area contributed by atoms with Crippen LogP contribution in [0, 0.1) is 25.2 Å². The van der Waals surface area contributed by atoms with Crippen LogP contribution in [-0.4, -0.2) is 15.8 Å². The molecule has 0 spiro atoms. The molecule has 0 unspecified atom stereocenters. The Balaban J connectivity index is 2.21. The topological polar surface area (TPSA) is 78.7 Å². The number of nitriles is 1. The van der Waals surface area contributed by atoms with Gasteiger partial charge in [0.05, 0.1) is 10.6 Å². The van der Waals surface area contributed by atoms with Gasteiger partial charge in [-0.1, -0.05) is 11.3 Å². The number of carbonyl (C=O) groups excluding carboxylic acids is 1. The number of Topliss-reactive ketones (excluding diaryl/α,β-unsaturated/α-hetero) is 1. The molecule has 20 heavy (non-hydrogen) atoms. The van der Waals surface area contributed by atoms with Gasteiger partial charge < -0.3 is 5.32 Å². The van der Waals surface area contributed by atoms with Gasteiger partial charge in [0.15, 0.2) is 10.9 Å². The van der Waals surface area contributed by atoms with Crippen molar-refractivity contribution >= 4 is 39.2 Å². The fourth-order valence-electron chi connectivity index (χ4n) is 1.54. The molecule has 0 radical (unpaired) electrons. The van der Waals surface area contributed by atoms with Crippen LogP contribution in [0.5, 0.6) is 0 Å². The number of hydrogen-bond acceptors (Lipinski definition) is 7. The highest BCUT2D eigenvalue weighted by Gasteiger charge is 2.11. The Morgan fingerprint density at radius 3 is 2.70 bits per heavy atom. The van der Waals surface area contributed by atoms with E-state index in [1.165, 1.54) is 29.6 Å². The first-order valence-electron chi connectivity index (χ1n) is 5.79. The van der Waals surface area contributed by atoms with Crippen LogP contribution in [0.25, 0.3) is 5.57 Å². The molecule has 0 saturated carbocycles. The molecule has 2 aromatic rings. The van der Waals surface area contributed by atoms with Crippen molar-refractivity contribution in [3.05, 3.63) is 32.9 Å². The quantitative estimate of drug-likeness (QED) is 0.692. The van der Waals surface area contributed by atoms with Gasteiger partial charge in [-0.25, -0.2) is 9.97 Å². The summed E-state index contributed by atoms with van der Waals surface area (Å²) in [5.41, 5.74) is 2.03. The number of ketones is 1. The third-order valence-corrected chi connectivity index (χ3v) is 4.61. The van der Waals surface area contributed by atoms with Gasteiger partial charge in [0, 0.05) is 24.2 Å². The normalized spacial score (nSPS) is 11.2. The van der Waals surface area contributed by atoms with Crippen molar-refractivity contribution in [1.82, 2.24) is 9.97 Å². The molecule has 0 saturated heterocycles. The van der Waals surface area contributed by atoms with Crippen LogP contribution >= 0.6 is 22.7 Å². The molecule has 0 amide bonds. The number of aromatic nitrogens is 2. The van der Waals surface area contributed by atoms with Crippen LogP contribution in [-0.2, 0) is 0 Å². The van der Waals surface area contributed by atoms with Crippen molar-refractivity contribution in [2.24, 2.45) is 0 Å². The van der Waals surface area contributed by atoms with E-state index in [0.29, 0.717) is 26.3 Å². The van der Waals surface area contributed by atoms with Crippen molar-refractivity contribution in [1.29, 1.82) is 5.26 Å². The van der Waals surface area contributed by atoms with E-state index in [-0.39, 0.29) is 5.78 Å².